The van der Waals surface area contributed by atoms with Crippen molar-refractivity contribution in [2.75, 3.05) is 19.8 Å². The van der Waals surface area contributed by atoms with Crippen molar-refractivity contribution >= 4 is 5.78 Å². The number of ketones is 1. The van der Waals surface area contributed by atoms with Gasteiger partial charge < -0.3 is 9.80 Å². The molecule has 0 saturated heterocycles. The maximum Gasteiger partial charge on any atom is 0.182 e. The van der Waals surface area contributed by atoms with Crippen LogP contribution >= 0.6 is 0 Å². The number of rotatable bonds is 5. The molecule has 3 heteroatoms. The first-order valence-corrected chi connectivity index (χ1v) is 6.45. The van der Waals surface area contributed by atoms with Crippen molar-refractivity contribution in [3.05, 3.63) is 47.8 Å². The van der Waals surface area contributed by atoms with E-state index in [-0.39, 0.29) is 5.78 Å². The molecule has 2 rings (SSSR count). The lowest BCUT2D eigenvalue weighted by molar-refractivity contribution is 0.0945. The molecule has 0 amide bonds. The summed E-state index contributed by atoms with van der Waals surface area (Å²) < 4.78 is 0. The van der Waals surface area contributed by atoms with Crippen LogP contribution in [0.25, 0.3) is 0 Å². The van der Waals surface area contributed by atoms with Crippen LogP contribution in [0, 0.1) is 6.92 Å². The lowest BCUT2D eigenvalue weighted by Gasteiger charge is -2.20. The average molecular weight is 244 g/mol. The minimum atomic E-state index is 0.179. The number of carbonyl (C=O) groups is 1. The van der Waals surface area contributed by atoms with Gasteiger partial charge in [-0.2, -0.15) is 0 Å². The van der Waals surface area contributed by atoms with E-state index in [0.717, 1.165) is 25.2 Å². The zero-order valence-corrected chi connectivity index (χ0v) is 11.1. The Balaban J connectivity index is 1.89. The molecule has 0 N–H and O–H groups in total. The molecule has 0 fully saturated rings. The minimum Gasteiger partial charge on any atom is -0.359 e. The quantitative estimate of drug-likeness (QED) is 0.744. The second-order valence-corrected chi connectivity index (χ2v) is 4.79. The first-order valence-electron chi connectivity index (χ1n) is 6.45. The van der Waals surface area contributed by atoms with Crippen molar-refractivity contribution in [3.8, 4) is 0 Å². The summed E-state index contributed by atoms with van der Waals surface area (Å²) >= 11 is 0. The Morgan fingerprint density at radius 1 is 1.17 bits per heavy atom. The molecule has 0 spiro atoms. The van der Waals surface area contributed by atoms with E-state index in [4.69, 9.17) is 0 Å². The van der Waals surface area contributed by atoms with E-state index in [1.165, 1.54) is 5.56 Å². The van der Waals surface area contributed by atoms with Crippen molar-refractivity contribution in [2.45, 2.75) is 20.3 Å². The Morgan fingerprint density at radius 3 is 2.50 bits per heavy atom. The SMILES string of the molecule is CCCN1C=CN(CC(=O)c2ccc(C)cc2)C1. The first kappa shape index (κ1) is 12.7. The van der Waals surface area contributed by atoms with Crippen LogP contribution in [0.1, 0.15) is 29.3 Å². The molecule has 3 nitrogen and oxygen atoms in total. The number of carbonyl (C=O) groups excluding carboxylic acids is 1. The number of nitrogens with zero attached hydrogens (tertiary/aromatic N) is 2. The molecule has 1 aromatic carbocycles. The normalized spacial score (nSPS) is 14.3. The average Bonchev–Trinajstić information content (AvgIpc) is 2.78. The Morgan fingerprint density at radius 2 is 1.83 bits per heavy atom. The van der Waals surface area contributed by atoms with Gasteiger partial charge in [0.2, 0.25) is 0 Å². The van der Waals surface area contributed by atoms with Crippen molar-refractivity contribution < 1.29 is 4.79 Å². The minimum absolute atomic E-state index is 0.179. The largest absolute Gasteiger partial charge is 0.359 e. The van der Waals surface area contributed by atoms with Crippen LogP contribution < -0.4 is 0 Å². The first-order chi connectivity index (χ1) is 8.69. The van der Waals surface area contributed by atoms with Crippen LogP contribution in [0.5, 0.6) is 0 Å². The molecule has 96 valence electrons. The maximum atomic E-state index is 12.1. The molecule has 0 atom stereocenters. The summed E-state index contributed by atoms with van der Waals surface area (Å²) in [5.41, 5.74) is 1.98. The standard InChI is InChI=1S/C15H20N2O/c1-3-8-16-9-10-17(12-16)11-15(18)14-6-4-13(2)5-7-14/h4-7,9-10H,3,8,11-12H2,1-2H3. The van der Waals surface area contributed by atoms with E-state index in [1.54, 1.807) is 0 Å². The molecule has 0 unspecified atom stereocenters. The van der Waals surface area contributed by atoms with Gasteiger partial charge in [-0.05, 0) is 13.3 Å². The van der Waals surface area contributed by atoms with Gasteiger partial charge in [0.15, 0.2) is 5.78 Å². The molecule has 18 heavy (non-hydrogen) atoms. The molecule has 0 saturated carbocycles. The third-order valence-electron chi connectivity index (χ3n) is 3.08. The van der Waals surface area contributed by atoms with Gasteiger partial charge in [0.05, 0.1) is 13.2 Å². The number of aryl methyl sites for hydroxylation is 1. The summed E-state index contributed by atoms with van der Waals surface area (Å²) in [6.07, 6.45) is 5.19. The van der Waals surface area contributed by atoms with Crippen LogP contribution in [-0.2, 0) is 0 Å². The second kappa shape index (κ2) is 5.71. The Kier molecular flexibility index (Phi) is 4.03. The zero-order chi connectivity index (χ0) is 13.0. The predicted octanol–water partition coefficient (Wildman–Crippen LogP) is 2.63. The highest BCUT2D eigenvalue weighted by atomic mass is 16.1. The van der Waals surface area contributed by atoms with E-state index in [1.807, 2.05) is 37.4 Å². The third-order valence-corrected chi connectivity index (χ3v) is 3.08. The lowest BCUT2D eigenvalue weighted by atomic mass is 10.1. The second-order valence-electron chi connectivity index (χ2n) is 4.79. The fraction of sp³-hybridized carbons (Fsp3) is 0.400. The van der Waals surface area contributed by atoms with Gasteiger partial charge in [0, 0.05) is 24.5 Å². The van der Waals surface area contributed by atoms with Crippen LogP contribution in [0.4, 0.5) is 0 Å². The van der Waals surface area contributed by atoms with Crippen LogP contribution in [0.15, 0.2) is 36.7 Å². The van der Waals surface area contributed by atoms with E-state index in [9.17, 15) is 4.79 Å². The van der Waals surface area contributed by atoms with Crippen molar-refractivity contribution in [2.24, 2.45) is 0 Å². The molecule has 0 radical (unpaired) electrons. The van der Waals surface area contributed by atoms with Crippen LogP contribution in [0.3, 0.4) is 0 Å². The Labute approximate surface area is 109 Å². The predicted molar refractivity (Wildman–Crippen MR) is 73.2 cm³/mol. The highest BCUT2D eigenvalue weighted by Crippen LogP contribution is 2.10. The summed E-state index contributed by atoms with van der Waals surface area (Å²) in [6, 6.07) is 7.77. The summed E-state index contributed by atoms with van der Waals surface area (Å²) in [7, 11) is 0. The fourth-order valence-electron chi connectivity index (χ4n) is 2.07. The molecular weight excluding hydrogens is 224 g/mol. The van der Waals surface area contributed by atoms with Gasteiger partial charge in [0.1, 0.15) is 0 Å². The Bertz CT molecular complexity index is 436. The highest BCUT2D eigenvalue weighted by Gasteiger charge is 2.15. The zero-order valence-electron chi connectivity index (χ0n) is 11.1. The topological polar surface area (TPSA) is 23.6 Å². The Hall–Kier alpha value is -1.77. The maximum absolute atomic E-state index is 12.1. The summed E-state index contributed by atoms with van der Waals surface area (Å²) in [5.74, 6) is 0.179. The lowest BCUT2D eigenvalue weighted by Crippen LogP contribution is -2.30. The number of benzene rings is 1. The number of Topliss-reactive ketones (excluding diaryl/α,β-unsaturated/α-hetero) is 1. The molecule has 0 aliphatic carbocycles. The van der Waals surface area contributed by atoms with Gasteiger partial charge in [-0.25, -0.2) is 0 Å². The fourth-order valence-corrected chi connectivity index (χ4v) is 2.07. The molecule has 1 aromatic rings. The van der Waals surface area contributed by atoms with E-state index in [2.05, 4.69) is 22.9 Å². The van der Waals surface area contributed by atoms with E-state index < -0.39 is 0 Å². The van der Waals surface area contributed by atoms with Gasteiger partial charge in [0.25, 0.3) is 0 Å². The van der Waals surface area contributed by atoms with Gasteiger partial charge in [-0.1, -0.05) is 36.8 Å². The summed E-state index contributed by atoms with van der Waals surface area (Å²) in [6.45, 7) is 6.52. The van der Waals surface area contributed by atoms with Crippen LogP contribution in [-0.4, -0.2) is 35.3 Å². The molecular formula is C15H20N2O. The van der Waals surface area contributed by atoms with E-state index >= 15 is 0 Å². The summed E-state index contributed by atoms with van der Waals surface area (Å²) in [5, 5.41) is 0. The molecule has 0 bridgehead atoms. The van der Waals surface area contributed by atoms with Gasteiger partial charge >= 0.3 is 0 Å². The third kappa shape index (κ3) is 3.13. The van der Waals surface area contributed by atoms with Crippen LogP contribution in [0.2, 0.25) is 0 Å². The van der Waals surface area contributed by atoms with Crippen molar-refractivity contribution in [3.63, 3.8) is 0 Å². The highest BCUT2D eigenvalue weighted by molar-refractivity contribution is 5.97. The summed E-state index contributed by atoms with van der Waals surface area (Å²) in [4.78, 5) is 16.4. The van der Waals surface area contributed by atoms with Gasteiger partial charge in [-0.15, -0.1) is 0 Å². The molecule has 0 aromatic heterocycles. The smallest absolute Gasteiger partial charge is 0.182 e. The number of hydrogen-bond acceptors (Lipinski definition) is 3. The molecule has 1 heterocycles. The van der Waals surface area contributed by atoms with E-state index in [0.29, 0.717) is 6.54 Å². The number of hydrogen-bond donors (Lipinski definition) is 0. The van der Waals surface area contributed by atoms with Gasteiger partial charge in [-0.3, -0.25) is 4.79 Å². The monoisotopic (exact) mass is 244 g/mol. The molecule has 1 aliphatic heterocycles. The van der Waals surface area contributed by atoms with Crippen molar-refractivity contribution in [1.82, 2.24) is 9.80 Å². The van der Waals surface area contributed by atoms with Crippen molar-refractivity contribution in [1.29, 1.82) is 0 Å². The molecule has 1 aliphatic rings.